The Kier molecular flexibility index (Phi) is 6.88. The molecule has 0 N–H and O–H groups in total. The van der Waals surface area contributed by atoms with Gasteiger partial charge >= 0.3 is 0 Å². The van der Waals surface area contributed by atoms with Crippen molar-refractivity contribution in [2.45, 2.75) is 39.7 Å². The molecular weight excluding hydrogens is 483 g/mol. The zero-order valence-corrected chi connectivity index (χ0v) is 20.9. The van der Waals surface area contributed by atoms with Crippen molar-refractivity contribution in [2.24, 2.45) is 0 Å². The highest BCUT2D eigenvalue weighted by atomic mass is 35.5. The molecule has 5 rings (SSSR count). The van der Waals surface area contributed by atoms with Gasteiger partial charge in [-0.25, -0.2) is 4.39 Å². The first kappa shape index (κ1) is 24.2. The minimum atomic E-state index is -0.400. The van der Waals surface area contributed by atoms with Crippen LogP contribution in [0.15, 0.2) is 57.7 Å². The van der Waals surface area contributed by atoms with Gasteiger partial charge < -0.3 is 18.6 Å². The van der Waals surface area contributed by atoms with E-state index in [9.17, 15) is 9.18 Å². The van der Waals surface area contributed by atoms with Gasteiger partial charge in [-0.1, -0.05) is 37.1 Å². The lowest BCUT2D eigenvalue weighted by molar-refractivity contribution is 0.297. The molecule has 0 bridgehead atoms. The highest BCUT2D eigenvalue weighted by Crippen LogP contribution is 2.36. The summed E-state index contributed by atoms with van der Waals surface area (Å²) >= 11 is 6.17. The van der Waals surface area contributed by atoms with Crippen LogP contribution in [-0.4, -0.2) is 13.2 Å². The summed E-state index contributed by atoms with van der Waals surface area (Å²) in [6.07, 6.45) is 2.39. The van der Waals surface area contributed by atoms with Crippen molar-refractivity contribution in [1.29, 1.82) is 0 Å². The predicted molar refractivity (Wildman–Crippen MR) is 138 cm³/mol. The lowest BCUT2D eigenvalue weighted by Crippen LogP contribution is -2.09. The normalized spacial score (nSPS) is 13.0. The van der Waals surface area contributed by atoms with Crippen molar-refractivity contribution < 1.29 is 23.0 Å². The van der Waals surface area contributed by atoms with Gasteiger partial charge in [-0.2, -0.15) is 0 Å². The molecule has 0 unspecified atom stereocenters. The molecule has 7 heteroatoms. The van der Waals surface area contributed by atoms with Gasteiger partial charge in [-0.15, -0.1) is 0 Å². The first-order valence-electron chi connectivity index (χ1n) is 12.0. The van der Waals surface area contributed by atoms with E-state index in [2.05, 4.69) is 6.92 Å². The third-order valence-electron chi connectivity index (χ3n) is 6.20. The van der Waals surface area contributed by atoms with Crippen molar-refractivity contribution in [3.8, 4) is 28.4 Å². The molecule has 2 heterocycles. The second kappa shape index (κ2) is 10.2. The molecule has 0 radical (unpaired) electrons. The van der Waals surface area contributed by atoms with Crippen LogP contribution in [0.4, 0.5) is 4.39 Å². The average molecular weight is 509 g/mol. The molecule has 0 saturated heterocycles. The number of fused-ring (bicyclic) bond motifs is 2. The van der Waals surface area contributed by atoms with E-state index in [-0.39, 0.29) is 12.0 Å². The number of benzene rings is 3. The van der Waals surface area contributed by atoms with Crippen molar-refractivity contribution in [1.82, 2.24) is 0 Å². The maximum Gasteiger partial charge on any atom is 0.200 e. The first-order chi connectivity index (χ1) is 17.4. The van der Waals surface area contributed by atoms with Gasteiger partial charge in [0.05, 0.1) is 29.2 Å². The molecule has 0 fully saturated rings. The van der Waals surface area contributed by atoms with Gasteiger partial charge in [-0.05, 0) is 54.8 Å². The fourth-order valence-corrected chi connectivity index (χ4v) is 4.65. The Labute approximate surface area is 213 Å². The zero-order chi connectivity index (χ0) is 25.2. The quantitative estimate of drug-likeness (QED) is 0.274. The Morgan fingerprint density at radius 2 is 1.81 bits per heavy atom. The molecule has 1 aliphatic heterocycles. The van der Waals surface area contributed by atoms with E-state index in [1.54, 1.807) is 19.1 Å². The average Bonchev–Trinajstić information content (AvgIpc) is 3.09. The summed E-state index contributed by atoms with van der Waals surface area (Å²) in [7, 11) is 0. The molecule has 5 nitrogen and oxygen atoms in total. The van der Waals surface area contributed by atoms with Gasteiger partial charge in [0.1, 0.15) is 29.5 Å². The minimum absolute atomic E-state index is 0.117. The van der Waals surface area contributed by atoms with Crippen molar-refractivity contribution >= 4 is 22.6 Å². The Morgan fingerprint density at radius 3 is 2.58 bits per heavy atom. The second-order valence-electron chi connectivity index (χ2n) is 8.80. The van der Waals surface area contributed by atoms with Gasteiger partial charge in [0.15, 0.2) is 11.5 Å². The fourth-order valence-electron chi connectivity index (χ4n) is 4.42. The second-order valence-corrected chi connectivity index (χ2v) is 9.21. The Hall–Kier alpha value is -3.51. The predicted octanol–water partition coefficient (Wildman–Crippen LogP) is 7.25. The number of aryl methyl sites for hydroxylation is 2. The maximum absolute atomic E-state index is 13.7. The summed E-state index contributed by atoms with van der Waals surface area (Å²) in [6.45, 7) is 5.17. The monoisotopic (exact) mass is 508 g/mol. The highest BCUT2D eigenvalue weighted by Gasteiger charge is 2.19. The van der Waals surface area contributed by atoms with Crippen LogP contribution in [0.1, 0.15) is 36.7 Å². The van der Waals surface area contributed by atoms with E-state index in [0.29, 0.717) is 63.3 Å². The molecule has 0 atom stereocenters. The number of halogens is 2. The molecular formula is C29H26ClFO5. The Bertz CT molecular complexity index is 1490. The van der Waals surface area contributed by atoms with Gasteiger partial charge in [0, 0.05) is 18.1 Å². The van der Waals surface area contributed by atoms with Crippen LogP contribution in [0.5, 0.6) is 17.2 Å². The number of hydrogen-bond donors (Lipinski definition) is 0. The number of rotatable bonds is 6. The Morgan fingerprint density at radius 1 is 1.00 bits per heavy atom. The van der Waals surface area contributed by atoms with Crippen LogP contribution in [0.25, 0.3) is 22.1 Å². The van der Waals surface area contributed by atoms with E-state index in [1.165, 1.54) is 12.1 Å². The van der Waals surface area contributed by atoms with Crippen molar-refractivity contribution in [3.63, 3.8) is 0 Å². The summed E-state index contributed by atoms with van der Waals surface area (Å²) in [5.41, 5.74) is 3.10. The smallest absolute Gasteiger partial charge is 0.200 e. The van der Waals surface area contributed by atoms with Crippen LogP contribution in [0, 0.1) is 12.7 Å². The fraction of sp³-hybridized carbons (Fsp3) is 0.276. The number of ether oxygens (including phenoxy) is 3. The van der Waals surface area contributed by atoms with E-state index >= 15 is 0 Å². The molecule has 3 aromatic carbocycles. The Balaban J connectivity index is 1.55. The van der Waals surface area contributed by atoms with Crippen LogP contribution in [0.2, 0.25) is 5.02 Å². The molecule has 36 heavy (non-hydrogen) atoms. The standard InChI is InChI=1S/C29H26ClFO5/c1-3-5-18-12-22-26(15-25(18)35-16-20-6-8-21(31)14-23(20)30)36-17(2)28(29(22)32)19-7-9-24-27(13-19)34-11-4-10-33-24/h6-9,12-15H,3-5,10-11,16H2,1-2H3. The van der Waals surface area contributed by atoms with Crippen molar-refractivity contribution in [3.05, 3.63) is 86.5 Å². The largest absolute Gasteiger partial charge is 0.490 e. The highest BCUT2D eigenvalue weighted by molar-refractivity contribution is 6.31. The molecule has 1 aromatic heterocycles. The van der Waals surface area contributed by atoms with Crippen LogP contribution in [0.3, 0.4) is 0 Å². The minimum Gasteiger partial charge on any atom is -0.490 e. The van der Waals surface area contributed by atoms with Crippen LogP contribution >= 0.6 is 11.6 Å². The summed E-state index contributed by atoms with van der Waals surface area (Å²) < 4.78 is 37.2. The maximum atomic E-state index is 13.7. The van der Waals surface area contributed by atoms with E-state index < -0.39 is 5.82 Å². The molecule has 1 aliphatic rings. The van der Waals surface area contributed by atoms with E-state index in [4.69, 9.17) is 30.2 Å². The van der Waals surface area contributed by atoms with Gasteiger partial charge in [0.2, 0.25) is 5.43 Å². The van der Waals surface area contributed by atoms with Crippen LogP contribution in [-0.2, 0) is 13.0 Å². The first-order valence-corrected chi connectivity index (χ1v) is 12.4. The molecule has 0 amide bonds. The lowest BCUT2D eigenvalue weighted by atomic mass is 10.00. The van der Waals surface area contributed by atoms with Crippen molar-refractivity contribution in [2.75, 3.05) is 13.2 Å². The lowest BCUT2D eigenvalue weighted by Gasteiger charge is -2.15. The topological polar surface area (TPSA) is 57.9 Å². The molecule has 0 aliphatic carbocycles. The number of hydrogen-bond acceptors (Lipinski definition) is 5. The summed E-state index contributed by atoms with van der Waals surface area (Å²) in [5.74, 6) is 2.00. The zero-order valence-electron chi connectivity index (χ0n) is 20.2. The molecule has 4 aromatic rings. The van der Waals surface area contributed by atoms with Gasteiger partial charge in [-0.3, -0.25) is 4.79 Å². The summed E-state index contributed by atoms with van der Waals surface area (Å²) in [4.78, 5) is 13.7. The molecule has 0 saturated carbocycles. The van der Waals surface area contributed by atoms with Gasteiger partial charge in [0.25, 0.3) is 0 Å². The SMILES string of the molecule is CCCc1cc2c(=O)c(-c3ccc4c(c3)OCCCO4)c(C)oc2cc1OCc1ccc(F)cc1Cl. The van der Waals surface area contributed by atoms with E-state index in [0.717, 1.165) is 30.4 Å². The third kappa shape index (κ3) is 4.78. The third-order valence-corrected chi connectivity index (χ3v) is 6.56. The molecule has 186 valence electrons. The summed E-state index contributed by atoms with van der Waals surface area (Å²) in [5, 5.41) is 0.785. The molecule has 0 spiro atoms. The van der Waals surface area contributed by atoms with Crippen LogP contribution < -0.4 is 19.6 Å². The van der Waals surface area contributed by atoms with E-state index in [1.807, 2.05) is 24.3 Å². The summed E-state index contributed by atoms with van der Waals surface area (Å²) in [6, 6.07) is 13.3.